The first kappa shape index (κ1) is 11.3. The van der Waals surface area contributed by atoms with Crippen LogP contribution in [0.2, 0.25) is 0 Å². The Kier molecular flexibility index (Phi) is 3.20. The summed E-state index contributed by atoms with van der Waals surface area (Å²) in [6.45, 7) is 0. The molecule has 88 valence electrons. The smallest absolute Gasteiger partial charge is 0.320 e. The van der Waals surface area contributed by atoms with Crippen molar-refractivity contribution in [1.82, 2.24) is 10.2 Å². The molecule has 0 bridgehead atoms. The molecule has 1 aromatic carbocycles. The average Bonchev–Trinajstić information content (AvgIpc) is 2.82. The molecule has 0 aliphatic rings. The fourth-order valence-electron chi connectivity index (χ4n) is 1.62. The van der Waals surface area contributed by atoms with Crippen LogP contribution in [0.5, 0.6) is 0 Å². The highest BCUT2D eigenvalue weighted by Crippen LogP contribution is 2.18. The lowest BCUT2D eigenvalue weighted by Gasteiger charge is -2.07. The molecule has 4 N–H and O–H groups in total. The largest absolute Gasteiger partial charge is 0.480 e. The third-order valence-corrected chi connectivity index (χ3v) is 2.51. The zero-order valence-electron chi connectivity index (χ0n) is 9.13. The highest BCUT2D eigenvalue weighted by molar-refractivity contribution is 5.73. The number of aromatic amines is 1. The number of hydrogen-bond donors (Lipinski definition) is 3. The summed E-state index contributed by atoms with van der Waals surface area (Å²) in [5.74, 6) is -0.989. The third-order valence-electron chi connectivity index (χ3n) is 2.51. The average molecular weight is 231 g/mol. The number of aromatic nitrogens is 2. The molecule has 5 heteroatoms. The number of carboxylic acid groups (broad SMARTS) is 1. The first-order chi connectivity index (χ1) is 8.16. The van der Waals surface area contributed by atoms with Crippen LogP contribution in [-0.2, 0) is 11.2 Å². The van der Waals surface area contributed by atoms with E-state index in [1.165, 1.54) is 0 Å². The van der Waals surface area contributed by atoms with Crippen LogP contribution in [0, 0.1) is 0 Å². The normalized spacial score (nSPS) is 12.3. The maximum Gasteiger partial charge on any atom is 0.320 e. The van der Waals surface area contributed by atoms with Crippen molar-refractivity contribution in [2.75, 3.05) is 0 Å². The first-order valence-corrected chi connectivity index (χ1v) is 5.24. The van der Waals surface area contributed by atoms with Crippen molar-refractivity contribution in [3.05, 3.63) is 42.1 Å². The van der Waals surface area contributed by atoms with Gasteiger partial charge in [-0.05, 0) is 29.7 Å². The van der Waals surface area contributed by atoms with Crippen LogP contribution < -0.4 is 5.73 Å². The van der Waals surface area contributed by atoms with Gasteiger partial charge in [0.2, 0.25) is 0 Å². The summed E-state index contributed by atoms with van der Waals surface area (Å²) >= 11 is 0. The van der Waals surface area contributed by atoms with E-state index >= 15 is 0 Å². The van der Waals surface area contributed by atoms with Gasteiger partial charge in [-0.3, -0.25) is 9.89 Å². The van der Waals surface area contributed by atoms with Crippen molar-refractivity contribution in [3.63, 3.8) is 0 Å². The second kappa shape index (κ2) is 4.80. The number of aliphatic carboxylic acids is 1. The van der Waals surface area contributed by atoms with Crippen LogP contribution in [0.1, 0.15) is 5.56 Å². The van der Waals surface area contributed by atoms with E-state index in [1.54, 1.807) is 6.20 Å². The molecule has 0 fully saturated rings. The predicted molar refractivity (Wildman–Crippen MR) is 63.3 cm³/mol. The molecule has 0 saturated carbocycles. The molecule has 0 amide bonds. The number of H-pyrrole nitrogens is 1. The summed E-state index contributed by atoms with van der Waals surface area (Å²) in [6, 6.07) is 8.57. The molecule has 5 nitrogen and oxygen atoms in total. The van der Waals surface area contributed by atoms with Crippen molar-refractivity contribution < 1.29 is 9.90 Å². The van der Waals surface area contributed by atoms with Crippen molar-refractivity contribution in [1.29, 1.82) is 0 Å². The summed E-state index contributed by atoms with van der Waals surface area (Å²) in [5.41, 5.74) is 8.26. The Hall–Kier alpha value is -2.14. The lowest BCUT2D eigenvalue weighted by atomic mass is 10.0. The number of carbonyl (C=O) groups is 1. The van der Waals surface area contributed by atoms with E-state index in [0.717, 1.165) is 16.8 Å². The molecule has 0 aliphatic heterocycles. The number of hydrogen-bond acceptors (Lipinski definition) is 3. The second-order valence-corrected chi connectivity index (χ2v) is 3.82. The topological polar surface area (TPSA) is 92.0 Å². The Morgan fingerprint density at radius 3 is 2.94 bits per heavy atom. The number of nitrogens with zero attached hydrogens (tertiary/aromatic N) is 1. The number of nitrogens with two attached hydrogens (primary N) is 1. The molecule has 0 unspecified atom stereocenters. The van der Waals surface area contributed by atoms with Gasteiger partial charge in [0.05, 0.1) is 5.69 Å². The van der Waals surface area contributed by atoms with E-state index in [2.05, 4.69) is 10.2 Å². The van der Waals surface area contributed by atoms with Gasteiger partial charge in [0.1, 0.15) is 6.04 Å². The number of carboxylic acids is 1. The molecule has 1 atom stereocenters. The van der Waals surface area contributed by atoms with E-state index in [-0.39, 0.29) is 0 Å². The lowest BCUT2D eigenvalue weighted by molar-refractivity contribution is -0.138. The van der Waals surface area contributed by atoms with E-state index < -0.39 is 12.0 Å². The second-order valence-electron chi connectivity index (χ2n) is 3.82. The van der Waals surface area contributed by atoms with Crippen LogP contribution in [0.3, 0.4) is 0 Å². The van der Waals surface area contributed by atoms with E-state index in [9.17, 15) is 4.79 Å². The lowest BCUT2D eigenvalue weighted by Crippen LogP contribution is -2.32. The molecule has 1 heterocycles. The van der Waals surface area contributed by atoms with Gasteiger partial charge in [0.15, 0.2) is 0 Å². The fraction of sp³-hybridized carbons (Fsp3) is 0.167. The molecule has 17 heavy (non-hydrogen) atoms. The van der Waals surface area contributed by atoms with E-state index in [4.69, 9.17) is 10.8 Å². The molecule has 0 aliphatic carbocycles. The van der Waals surface area contributed by atoms with Crippen LogP contribution in [0.15, 0.2) is 36.5 Å². The van der Waals surface area contributed by atoms with Crippen LogP contribution in [-0.4, -0.2) is 27.3 Å². The SMILES string of the molecule is N[C@H](Cc1cccc(-c2ccn[nH]2)c1)C(=O)O. The van der Waals surface area contributed by atoms with Gasteiger partial charge in [-0.25, -0.2) is 0 Å². The zero-order valence-corrected chi connectivity index (χ0v) is 9.13. The highest BCUT2D eigenvalue weighted by Gasteiger charge is 2.12. The number of rotatable bonds is 4. The quantitative estimate of drug-likeness (QED) is 0.732. The van der Waals surface area contributed by atoms with Gasteiger partial charge >= 0.3 is 5.97 Å². The molecule has 2 rings (SSSR count). The zero-order chi connectivity index (χ0) is 12.3. The maximum absolute atomic E-state index is 10.7. The van der Waals surface area contributed by atoms with Crippen molar-refractivity contribution in [3.8, 4) is 11.3 Å². The monoisotopic (exact) mass is 231 g/mol. The summed E-state index contributed by atoms with van der Waals surface area (Å²) in [4.78, 5) is 10.7. The summed E-state index contributed by atoms with van der Waals surface area (Å²) < 4.78 is 0. The molecule has 0 saturated heterocycles. The van der Waals surface area contributed by atoms with E-state index in [0.29, 0.717) is 6.42 Å². The molecule has 0 radical (unpaired) electrons. The third kappa shape index (κ3) is 2.70. The van der Waals surface area contributed by atoms with Crippen LogP contribution in [0.4, 0.5) is 0 Å². The predicted octanol–water partition coefficient (Wildman–Crippen LogP) is 1.03. The minimum absolute atomic E-state index is 0.317. The van der Waals surface area contributed by atoms with Gasteiger partial charge in [-0.15, -0.1) is 0 Å². The Morgan fingerprint density at radius 2 is 2.29 bits per heavy atom. The van der Waals surface area contributed by atoms with Gasteiger partial charge in [-0.2, -0.15) is 5.10 Å². The van der Waals surface area contributed by atoms with Crippen molar-refractivity contribution in [2.24, 2.45) is 5.73 Å². The van der Waals surface area contributed by atoms with Crippen molar-refractivity contribution in [2.45, 2.75) is 12.5 Å². The van der Waals surface area contributed by atoms with Gasteiger partial charge in [-0.1, -0.05) is 18.2 Å². The Balaban J connectivity index is 2.20. The molecular weight excluding hydrogens is 218 g/mol. The van der Waals surface area contributed by atoms with Crippen LogP contribution in [0.25, 0.3) is 11.3 Å². The maximum atomic E-state index is 10.7. The summed E-state index contributed by atoms with van der Waals surface area (Å²) in [5, 5.41) is 15.5. The standard InChI is InChI=1S/C12H13N3O2/c13-10(12(16)17)7-8-2-1-3-9(6-8)11-4-5-14-15-11/h1-6,10H,7,13H2,(H,14,15)(H,16,17)/t10-/m1/s1. The highest BCUT2D eigenvalue weighted by atomic mass is 16.4. The van der Waals surface area contributed by atoms with Crippen molar-refractivity contribution >= 4 is 5.97 Å². The Bertz CT molecular complexity index is 508. The minimum atomic E-state index is -0.989. The summed E-state index contributed by atoms with van der Waals surface area (Å²) in [6.07, 6.45) is 1.99. The van der Waals surface area contributed by atoms with E-state index in [1.807, 2.05) is 30.3 Å². The Labute approximate surface area is 98.3 Å². The van der Waals surface area contributed by atoms with Gasteiger partial charge < -0.3 is 10.8 Å². The van der Waals surface area contributed by atoms with Crippen LogP contribution >= 0.6 is 0 Å². The molecule has 0 spiro atoms. The fourth-order valence-corrected chi connectivity index (χ4v) is 1.62. The molecule has 2 aromatic rings. The number of benzene rings is 1. The van der Waals surface area contributed by atoms with Gasteiger partial charge in [0, 0.05) is 6.20 Å². The Morgan fingerprint density at radius 1 is 1.47 bits per heavy atom. The summed E-state index contributed by atoms with van der Waals surface area (Å²) in [7, 11) is 0. The minimum Gasteiger partial charge on any atom is -0.480 e. The first-order valence-electron chi connectivity index (χ1n) is 5.24. The van der Waals surface area contributed by atoms with Gasteiger partial charge in [0.25, 0.3) is 0 Å². The molecular formula is C12H13N3O2. The number of nitrogens with one attached hydrogen (secondary N) is 1. The molecule has 1 aromatic heterocycles.